The minimum absolute atomic E-state index is 0.0244. The van der Waals surface area contributed by atoms with Gasteiger partial charge in [-0.2, -0.15) is 5.10 Å². The number of aromatic nitrogens is 3. The number of aryl methyl sites for hydroxylation is 2. The van der Waals surface area contributed by atoms with E-state index >= 15 is 0 Å². The number of rotatable bonds is 11. The molecule has 1 unspecified atom stereocenters. The van der Waals surface area contributed by atoms with E-state index in [2.05, 4.69) is 25.0 Å². The first-order chi connectivity index (χ1) is 16.2. The average Bonchev–Trinajstić information content (AvgIpc) is 2.76. The monoisotopic (exact) mass is 497 g/mol. The van der Waals surface area contributed by atoms with E-state index in [1.165, 1.54) is 12.1 Å². The van der Waals surface area contributed by atoms with Crippen molar-refractivity contribution in [3.8, 4) is 5.88 Å². The lowest BCUT2D eigenvalue weighted by Gasteiger charge is -2.35. The molecular weight excluding hydrogens is 468 g/mol. The lowest BCUT2D eigenvalue weighted by Crippen LogP contribution is -2.47. The van der Waals surface area contributed by atoms with Gasteiger partial charge in [0.15, 0.2) is 12.4 Å². The van der Waals surface area contributed by atoms with Crippen LogP contribution in [0.4, 0.5) is 14.6 Å². The molecule has 0 amide bonds. The fourth-order valence-corrected chi connectivity index (χ4v) is 4.05. The van der Waals surface area contributed by atoms with E-state index in [1.807, 2.05) is 27.1 Å². The van der Waals surface area contributed by atoms with Crippen molar-refractivity contribution >= 4 is 23.2 Å². The summed E-state index contributed by atoms with van der Waals surface area (Å²) < 4.78 is 35.5. The molecule has 0 spiro atoms. The van der Waals surface area contributed by atoms with Gasteiger partial charge < -0.3 is 19.3 Å². The Kier molecular flexibility index (Phi) is 9.49. The van der Waals surface area contributed by atoms with E-state index in [9.17, 15) is 13.6 Å². The normalized spacial score (nSPS) is 16.4. The predicted molar refractivity (Wildman–Crippen MR) is 125 cm³/mol. The van der Waals surface area contributed by atoms with Crippen molar-refractivity contribution in [3.05, 3.63) is 40.2 Å². The van der Waals surface area contributed by atoms with Gasteiger partial charge in [0.2, 0.25) is 5.88 Å². The molecule has 3 rings (SSSR count). The summed E-state index contributed by atoms with van der Waals surface area (Å²) in [6, 6.07) is 4.95. The highest BCUT2D eigenvalue weighted by Gasteiger charge is 2.23. The fourth-order valence-electron chi connectivity index (χ4n) is 3.83. The maximum atomic E-state index is 12.5. The number of halogens is 3. The molecule has 1 atom stereocenters. The standard InChI is InChI=1S/C23H30ClF2N5O3/c1-15-8-17(28-29-23(15)31-6-7-33-19(13-31)12-30(2)3)4-5-18(32)9-16-10-20(24)27-22(11-16)34-14-21(25)26/h8,10-11,19,21H,4-7,9,12-14H2,1-3H3. The third kappa shape index (κ3) is 8.11. The van der Waals surface area contributed by atoms with Crippen molar-refractivity contribution in [3.63, 3.8) is 0 Å². The number of hydrogen-bond acceptors (Lipinski definition) is 8. The zero-order valence-electron chi connectivity index (χ0n) is 19.6. The second-order valence-corrected chi connectivity index (χ2v) is 8.98. The summed E-state index contributed by atoms with van der Waals surface area (Å²) in [4.78, 5) is 20.6. The average molecular weight is 498 g/mol. The molecule has 1 aliphatic heterocycles. The van der Waals surface area contributed by atoms with E-state index in [0.717, 1.165) is 36.7 Å². The van der Waals surface area contributed by atoms with Gasteiger partial charge in [-0.1, -0.05) is 11.6 Å². The molecule has 0 saturated carbocycles. The number of ether oxygens (including phenoxy) is 2. The molecule has 34 heavy (non-hydrogen) atoms. The van der Waals surface area contributed by atoms with E-state index in [1.54, 1.807) is 0 Å². The van der Waals surface area contributed by atoms with Crippen LogP contribution in [0.1, 0.15) is 23.2 Å². The first kappa shape index (κ1) is 26.2. The van der Waals surface area contributed by atoms with Gasteiger partial charge in [-0.25, -0.2) is 13.8 Å². The van der Waals surface area contributed by atoms with Crippen LogP contribution in [0, 0.1) is 6.92 Å². The lowest BCUT2D eigenvalue weighted by atomic mass is 10.1. The van der Waals surface area contributed by atoms with Crippen LogP contribution in [0.15, 0.2) is 18.2 Å². The Morgan fingerprint density at radius 3 is 2.82 bits per heavy atom. The number of ketones is 1. The summed E-state index contributed by atoms with van der Waals surface area (Å²) in [5, 5.41) is 8.84. The van der Waals surface area contributed by atoms with Crippen LogP contribution in [-0.4, -0.2) is 85.3 Å². The summed E-state index contributed by atoms with van der Waals surface area (Å²) in [7, 11) is 4.04. The molecule has 1 saturated heterocycles. The molecule has 0 aliphatic carbocycles. The Hall–Kier alpha value is -2.43. The minimum atomic E-state index is -2.62. The van der Waals surface area contributed by atoms with Gasteiger partial charge in [0.05, 0.1) is 18.4 Å². The third-order valence-electron chi connectivity index (χ3n) is 5.26. The Morgan fingerprint density at radius 1 is 1.32 bits per heavy atom. The molecular formula is C23H30ClF2N5O3. The molecule has 1 fully saturated rings. The first-order valence-corrected chi connectivity index (χ1v) is 11.5. The van der Waals surface area contributed by atoms with Gasteiger partial charge in [-0.05, 0) is 50.7 Å². The summed E-state index contributed by atoms with van der Waals surface area (Å²) in [6.45, 7) is 4.20. The number of likely N-dealkylation sites (N-methyl/N-ethyl adjacent to an activating group) is 1. The second kappa shape index (κ2) is 12.3. The second-order valence-electron chi connectivity index (χ2n) is 8.60. The molecule has 0 radical (unpaired) electrons. The Balaban J connectivity index is 1.55. The SMILES string of the molecule is Cc1cc(CCC(=O)Cc2cc(Cl)nc(OCC(F)F)c2)nnc1N1CCOC(CN(C)C)C1. The quantitative estimate of drug-likeness (QED) is 0.438. The first-order valence-electron chi connectivity index (χ1n) is 11.1. The van der Waals surface area contributed by atoms with E-state index in [0.29, 0.717) is 18.6 Å². The van der Waals surface area contributed by atoms with Crippen LogP contribution in [0.2, 0.25) is 5.15 Å². The van der Waals surface area contributed by atoms with Crippen molar-refractivity contribution in [2.45, 2.75) is 38.7 Å². The molecule has 0 aromatic carbocycles. The number of carbonyl (C=O) groups excluding carboxylic acids is 1. The zero-order valence-corrected chi connectivity index (χ0v) is 20.4. The number of anilines is 1. The van der Waals surface area contributed by atoms with Crippen LogP contribution >= 0.6 is 11.6 Å². The highest BCUT2D eigenvalue weighted by Crippen LogP contribution is 2.21. The number of alkyl halides is 2. The number of Topliss-reactive ketones (excluding diaryl/α,β-unsaturated/α-hetero) is 1. The van der Waals surface area contributed by atoms with Crippen LogP contribution in [-0.2, 0) is 22.4 Å². The highest BCUT2D eigenvalue weighted by molar-refractivity contribution is 6.29. The Morgan fingerprint density at radius 2 is 2.12 bits per heavy atom. The minimum Gasteiger partial charge on any atom is -0.472 e. The van der Waals surface area contributed by atoms with Gasteiger partial charge in [-0.15, -0.1) is 5.10 Å². The molecule has 3 heterocycles. The number of morpholine rings is 1. The van der Waals surface area contributed by atoms with Gasteiger partial charge >= 0.3 is 0 Å². The van der Waals surface area contributed by atoms with Crippen LogP contribution < -0.4 is 9.64 Å². The fraction of sp³-hybridized carbons (Fsp3) is 0.565. The lowest BCUT2D eigenvalue weighted by molar-refractivity contribution is -0.118. The van der Waals surface area contributed by atoms with Gasteiger partial charge in [-0.3, -0.25) is 4.79 Å². The van der Waals surface area contributed by atoms with Crippen molar-refractivity contribution < 1.29 is 23.0 Å². The number of carbonyl (C=O) groups is 1. The molecule has 0 N–H and O–H groups in total. The van der Waals surface area contributed by atoms with Crippen LogP contribution in [0.3, 0.4) is 0 Å². The number of pyridine rings is 1. The molecule has 2 aromatic heterocycles. The van der Waals surface area contributed by atoms with Crippen molar-refractivity contribution in [1.82, 2.24) is 20.1 Å². The Bertz CT molecular complexity index is 980. The van der Waals surface area contributed by atoms with Gasteiger partial charge in [0.1, 0.15) is 10.9 Å². The topological polar surface area (TPSA) is 80.7 Å². The summed E-state index contributed by atoms with van der Waals surface area (Å²) in [6.07, 6.45) is -1.69. The zero-order chi connectivity index (χ0) is 24.7. The van der Waals surface area contributed by atoms with Gasteiger partial charge in [0.25, 0.3) is 6.43 Å². The third-order valence-corrected chi connectivity index (χ3v) is 5.46. The van der Waals surface area contributed by atoms with Crippen LogP contribution in [0.25, 0.3) is 0 Å². The summed E-state index contributed by atoms with van der Waals surface area (Å²) >= 11 is 5.93. The molecule has 8 nitrogen and oxygen atoms in total. The number of hydrogen-bond donors (Lipinski definition) is 0. The number of nitrogens with zero attached hydrogens (tertiary/aromatic N) is 5. The molecule has 11 heteroatoms. The Labute approximate surface area is 203 Å². The smallest absolute Gasteiger partial charge is 0.272 e. The van der Waals surface area contributed by atoms with Crippen molar-refractivity contribution in [2.75, 3.05) is 51.8 Å². The van der Waals surface area contributed by atoms with Gasteiger partial charge in [0, 0.05) is 38.5 Å². The summed E-state index contributed by atoms with van der Waals surface area (Å²) in [5.41, 5.74) is 2.30. The summed E-state index contributed by atoms with van der Waals surface area (Å²) in [5.74, 6) is 0.777. The van der Waals surface area contributed by atoms with E-state index in [4.69, 9.17) is 21.1 Å². The van der Waals surface area contributed by atoms with Crippen molar-refractivity contribution in [1.29, 1.82) is 0 Å². The molecule has 2 aromatic rings. The maximum absolute atomic E-state index is 12.5. The van der Waals surface area contributed by atoms with Crippen molar-refractivity contribution in [2.24, 2.45) is 0 Å². The van der Waals surface area contributed by atoms with Crippen LogP contribution in [0.5, 0.6) is 5.88 Å². The highest BCUT2D eigenvalue weighted by atomic mass is 35.5. The molecule has 186 valence electrons. The predicted octanol–water partition coefficient (Wildman–Crippen LogP) is 2.99. The van der Waals surface area contributed by atoms with E-state index in [-0.39, 0.29) is 35.8 Å². The molecule has 0 bridgehead atoms. The molecule has 1 aliphatic rings. The van der Waals surface area contributed by atoms with E-state index < -0.39 is 13.0 Å². The maximum Gasteiger partial charge on any atom is 0.272 e. The largest absolute Gasteiger partial charge is 0.472 e.